The zero-order valence-corrected chi connectivity index (χ0v) is 13.5. The first-order valence-corrected chi connectivity index (χ1v) is 7.79. The Labute approximate surface area is 129 Å². The molecule has 0 amide bonds. The molecule has 0 aromatic heterocycles. The van der Waals surface area contributed by atoms with Crippen molar-refractivity contribution in [1.29, 1.82) is 0 Å². The Morgan fingerprint density at radius 2 is 1.95 bits per heavy atom. The average molecular weight is 331 g/mol. The smallest absolute Gasteiger partial charge is 0.123 e. The molecule has 20 heavy (non-hydrogen) atoms. The Kier molecular flexibility index (Phi) is 3.37. The molecule has 0 unspecified atom stereocenters. The molecule has 3 rings (SSSR count). The Bertz CT molecular complexity index is 605. The second kappa shape index (κ2) is 4.92. The molecule has 0 saturated heterocycles. The van der Waals surface area contributed by atoms with E-state index >= 15 is 0 Å². The fourth-order valence-electron chi connectivity index (χ4n) is 3.14. The maximum atomic E-state index is 6.15. The number of hydrogen-bond donors (Lipinski definition) is 0. The summed E-state index contributed by atoms with van der Waals surface area (Å²) in [5.74, 6) is 1.37. The van der Waals surface area contributed by atoms with E-state index in [0.717, 1.165) is 23.1 Å². The maximum Gasteiger partial charge on any atom is 0.123 e. The van der Waals surface area contributed by atoms with E-state index in [-0.39, 0.29) is 5.60 Å². The highest BCUT2D eigenvalue weighted by Crippen LogP contribution is 2.45. The predicted octanol–water partition coefficient (Wildman–Crippen LogP) is 5.50. The lowest BCUT2D eigenvalue weighted by Crippen LogP contribution is -2.31. The Morgan fingerprint density at radius 3 is 2.65 bits per heavy atom. The van der Waals surface area contributed by atoms with Gasteiger partial charge in [0.1, 0.15) is 11.4 Å². The molecule has 1 aromatic carbocycles. The van der Waals surface area contributed by atoms with Gasteiger partial charge in [-0.05, 0) is 49.6 Å². The van der Waals surface area contributed by atoms with Crippen LogP contribution in [0.3, 0.4) is 0 Å². The molecule has 0 radical (unpaired) electrons. The van der Waals surface area contributed by atoms with Gasteiger partial charge in [0.05, 0.1) is 0 Å². The summed E-state index contributed by atoms with van der Waals surface area (Å²) >= 11 is 3.50. The molecule has 1 aromatic rings. The summed E-state index contributed by atoms with van der Waals surface area (Å²) in [7, 11) is 0. The quantitative estimate of drug-likeness (QED) is 0.660. The van der Waals surface area contributed by atoms with Crippen LogP contribution in [0.5, 0.6) is 0 Å². The first kappa shape index (κ1) is 13.7. The van der Waals surface area contributed by atoms with E-state index in [4.69, 9.17) is 4.74 Å². The van der Waals surface area contributed by atoms with Gasteiger partial charge in [0.2, 0.25) is 0 Å². The Morgan fingerprint density at radius 1 is 1.25 bits per heavy atom. The van der Waals surface area contributed by atoms with Gasteiger partial charge in [-0.2, -0.15) is 0 Å². The van der Waals surface area contributed by atoms with Gasteiger partial charge in [0.15, 0.2) is 0 Å². The van der Waals surface area contributed by atoms with Gasteiger partial charge in [-0.1, -0.05) is 40.7 Å². The van der Waals surface area contributed by atoms with Crippen molar-refractivity contribution in [2.45, 2.75) is 38.2 Å². The molecule has 1 heterocycles. The summed E-state index contributed by atoms with van der Waals surface area (Å²) in [6.07, 6.45) is 6.23. The number of ether oxygens (including phenoxy) is 1. The van der Waals surface area contributed by atoms with Crippen LogP contribution in [0.15, 0.2) is 64.4 Å². The highest BCUT2D eigenvalue weighted by molar-refractivity contribution is 9.10. The molecule has 1 nitrogen and oxygen atoms in total. The molecular weight excluding hydrogens is 312 g/mol. The van der Waals surface area contributed by atoms with E-state index in [0.29, 0.717) is 5.92 Å². The molecule has 0 saturated carbocycles. The fraction of sp³-hybridized carbons (Fsp3) is 0.333. The Balaban J connectivity index is 2.02. The third kappa shape index (κ3) is 2.49. The van der Waals surface area contributed by atoms with Crippen molar-refractivity contribution in [2.24, 2.45) is 0 Å². The van der Waals surface area contributed by atoms with E-state index in [1.54, 1.807) is 0 Å². The van der Waals surface area contributed by atoms with Crippen LogP contribution in [-0.4, -0.2) is 5.60 Å². The summed E-state index contributed by atoms with van der Waals surface area (Å²) in [6.45, 7) is 8.55. The molecule has 1 aliphatic heterocycles. The van der Waals surface area contributed by atoms with Crippen molar-refractivity contribution < 1.29 is 4.74 Å². The summed E-state index contributed by atoms with van der Waals surface area (Å²) in [4.78, 5) is 0. The van der Waals surface area contributed by atoms with E-state index in [9.17, 15) is 0 Å². The lowest BCUT2D eigenvalue weighted by atomic mass is 9.77. The van der Waals surface area contributed by atoms with Gasteiger partial charge in [-0.15, -0.1) is 0 Å². The van der Waals surface area contributed by atoms with Crippen LogP contribution in [0.2, 0.25) is 0 Å². The molecule has 1 aliphatic carbocycles. The maximum absolute atomic E-state index is 6.15. The summed E-state index contributed by atoms with van der Waals surface area (Å²) in [5, 5.41) is 0. The number of benzene rings is 1. The number of rotatable bonds is 1. The number of halogens is 1. The SMILES string of the molecule is C=C1CC(C)(C)OC2=C1[C@@H](c1ccc(Br)cc1)CC=C2. The van der Waals surface area contributed by atoms with Crippen molar-refractivity contribution in [2.75, 3.05) is 0 Å². The molecular formula is C18H19BrO. The van der Waals surface area contributed by atoms with Crippen molar-refractivity contribution in [1.82, 2.24) is 0 Å². The predicted molar refractivity (Wildman–Crippen MR) is 86.6 cm³/mol. The normalized spacial score (nSPS) is 24.4. The third-order valence-corrected chi connectivity index (χ3v) is 4.46. The van der Waals surface area contributed by atoms with Crippen molar-refractivity contribution in [3.8, 4) is 0 Å². The molecule has 2 heteroatoms. The van der Waals surface area contributed by atoms with Crippen molar-refractivity contribution in [3.05, 3.63) is 69.9 Å². The average Bonchev–Trinajstić information content (AvgIpc) is 2.37. The zero-order chi connectivity index (χ0) is 14.3. The Hall–Kier alpha value is -1.28. The van der Waals surface area contributed by atoms with Gasteiger partial charge in [-0.3, -0.25) is 0 Å². The van der Waals surface area contributed by atoms with Crippen molar-refractivity contribution in [3.63, 3.8) is 0 Å². The molecule has 2 aliphatic rings. The molecule has 0 fully saturated rings. The zero-order valence-electron chi connectivity index (χ0n) is 11.9. The van der Waals surface area contributed by atoms with E-state index < -0.39 is 0 Å². The second-order valence-corrected chi connectivity index (χ2v) is 7.08. The number of hydrogen-bond acceptors (Lipinski definition) is 1. The van der Waals surface area contributed by atoms with Crippen LogP contribution in [0.4, 0.5) is 0 Å². The van der Waals surface area contributed by atoms with Crippen LogP contribution < -0.4 is 0 Å². The summed E-state index contributed by atoms with van der Waals surface area (Å²) in [6, 6.07) is 8.58. The molecule has 0 bridgehead atoms. The highest BCUT2D eigenvalue weighted by atomic mass is 79.9. The van der Waals surface area contributed by atoms with E-state index in [1.165, 1.54) is 16.7 Å². The third-order valence-electron chi connectivity index (χ3n) is 3.93. The van der Waals surface area contributed by atoms with Crippen LogP contribution in [0.25, 0.3) is 0 Å². The fourth-order valence-corrected chi connectivity index (χ4v) is 3.41. The molecule has 104 valence electrons. The van der Waals surface area contributed by atoms with Gasteiger partial charge in [0.25, 0.3) is 0 Å². The van der Waals surface area contributed by atoms with Crippen LogP contribution in [0.1, 0.15) is 38.2 Å². The second-order valence-electron chi connectivity index (χ2n) is 6.16. The van der Waals surface area contributed by atoms with Gasteiger partial charge < -0.3 is 4.74 Å². The molecule has 1 atom stereocenters. The number of allylic oxidation sites excluding steroid dienone is 3. The first-order valence-electron chi connectivity index (χ1n) is 7.00. The standard InChI is InChI=1S/C18H19BrO/c1-12-11-18(2,3)20-16-6-4-5-15(17(12)16)13-7-9-14(19)10-8-13/h4,6-10,15H,1,5,11H2,2-3H3/t15-/m1/s1. The first-order chi connectivity index (χ1) is 9.46. The van der Waals surface area contributed by atoms with Gasteiger partial charge in [-0.25, -0.2) is 0 Å². The highest BCUT2D eigenvalue weighted by Gasteiger charge is 2.34. The van der Waals surface area contributed by atoms with Crippen molar-refractivity contribution >= 4 is 15.9 Å². The van der Waals surface area contributed by atoms with Crippen LogP contribution in [-0.2, 0) is 4.74 Å². The monoisotopic (exact) mass is 330 g/mol. The topological polar surface area (TPSA) is 9.23 Å². The minimum atomic E-state index is -0.151. The molecule has 0 N–H and O–H groups in total. The summed E-state index contributed by atoms with van der Waals surface area (Å²) in [5.41, 5.74) is 3.68. The van der Waals surface area contributed by atoms with Crippen LogP contribution >= 0.6 is 15.9 Å². The lowest BCUT2D eigenvalue weighted by Gasteiger charge is -2.39. The minimum Gasteiger partial charge on any atom is -0.487 e. The van der Waals surface area contributed by atoms with Gasteiger partial charge >= 0.3 is 0 Å². The van der Waals surface area contributed by atoms with Crippen LogP contribution in [0, 0.1) is 0 Å². The molecule has 0 spiro atoms. The minimum absolute atomic E-state index is 0.151. The van der Waals surface area contributed by atoms with Gasteiger partial charge in [0, 0.05) is 22.4 Å². The van der Waals surface area contributed by atoms with E-state index in [1.807, 2.05) is 0 Å². The largest absolute Gasteiger partial charge is 0.487 e. The summed E-state index contributed by atoms with van der Waals surface area (Å²) < 4.78 is 7.26. The van der Waals surface area contributed by atoms with E-state index in [2.05, 4.69) is 72.8 Å². The lowest BCUT2D eigenvalue weighted by molar-refractivity contribution is 0.0308.